The van der Waals surface area contributed by atoms with Crippen LogP contribution in [0.2, 0.25) is 0 Å². The van der Waals surface area contributed by atoms with Gasteiger partial charge in [0.25, 0.3) is 0 Å². The van der Waals surface area contributed by atoms with Crippen molar-refractivity contribution in [2.75, 3.05) is 6.54 Å². The molecule has 0 saturated heterocycles. The molecular formula is C8H9NO. The van der Waals surface area contributed by atoms with Gasteiger partial charge in [0.1, 0.15) is 5.76 Å². The average Bonchev–Trinajstić information content (AvgIpc) is 2.43. The monoisotopic (exact) mass is 135 g/mol. The molecule has 52 valence electrons. The fraction of sp³-hybridized carbons (Fsp3) is 0.125. The van der Waals surface area contributed by atoms with Gasteiger partial charge in [-0.1, -0.05) is 6.58 Å². The maximum atomic E-state index is 5.37. The van der Waals surface area contributed by atoms with Gasteiger partial charge in [0.05, 0.1) is 6.26 Å². The first kappa shape index (κ1) is 6.87. The Balaban J connectivity index is 2.96. The second-order valence-corrected chi connectivity index (χ2v) is 1.84. The lowest BCUT2D eigenvalue weighted by atomic mass is 10.2. The Bertz CT molecular complexity index is 242. The average molecular weight is 135 g/mol. The Morgan fingerprint density at radius 3 is 3.00 bits per heavy atom. The second kappa shape index (κ2) is 3.06. The molecule has 0 radical (unpaired) electrons. The van der Waals surface area contributed by atoms with Crippen LogP contribution in [0.4, 0.5) is 0 Å². The minimum absolute atomic E-state index is 0.414. The van der Waals surface area contributed by atoms with Gasteiger partial charge in [-0.3, -0.25) is 0 Å². The highest BCUT2D eigenvalue weighted by molar-refractivity contribution is 5.61. The third-order valence-corrected chi connectivity index (χ3v) is 1.24. The van der Waals surface area contributed by atoms with E-state index in [0.29, 0.717) is 6.54 Å². The Labute approximate surface area is 59.6 Å². The lowest BCUT2D eigenvalue weighted by Gasteiger charge is -1.92. The molecule has 1 aromatic rings. The van der Waals surface area contributed by atoms with Gasteiger partial charge in [0.15, 0.2) is 0 Å². The van der Waals surface area contributed by atoms with Crippen molar-refractivity contribution in [2.24, 2.45) is 5.73 Å². The molecule has 0 spiro atoms. The number of hydrogen-bond acceptors (Lipinski definition) is 2. The first-order valence-corrected chi connectivity index (χ1v) is 3.01. The summed E-state index contributed by atoms with van der Waals surface area (Å²) in [5, 5.41) is 0. The van der Waals surface area contributed by atoms with E-state index in [4.69, 9.17) is 10.2 Å². The fourth-order valence-corrected chi connectivity index (χ4v) is 0.710. The van der Waals surface area contributed by atoms with Gasteiger partial charge < -0.3 is 10.2 Å². The van der Waals surface area contributed by atoms with Gasteiger partial charge in [-0.25, -0.2) is 0 Å². The van der Waals surface area contributed by atoms with E-state index in [0.717, 1.165) is 11.3 Å². The third kappa shape index (κ3) is 1.18. The molecular weight excluding hydrogens is 126 g/mol. The highest BCUT2D eigenvalue weighted by Gasteiger charge is 1.98. The van der Waals surface area contributed by atoms with E-state index in [2.05, 4.69) is 12.3 Å². The van der Waals surface area contributed by atoms with Crippen LogP contribution in [0.1, 0.15) is 5.76 Å². The molecule has 2 N–H and O–H groups in total. The zero-order chi connectivity index (χ0) is 7.40. The number of furan rings is 1. The molecule has 0 aliphatic carbocycles. The summed E-state index contributed by atoms with van der Waals surface area (Å²) >= 11 is 0. The maximum Gasteiger partial charge on any atom is 0.138 e. The second-order valence-electron chi connectivity index (χ2n) is 1.84. The molecule has 0 saturated carbocycles. The molecule has 0 atom stereocenters. The van der Waals surface area contributed by atoms with Gasteiger partial charge >= 0.3 is 0 Å². The fourth-order valence-electron chi connectivity index (χ4n) is 0.710. The maximum absolute atomic E-state index is 5.37. The zero-order valence-electron chi connectivity index (χ0n) is 5.63. The minimum atomic E-state index is 0.414. The first-order valence-electron chi connectivity index (χ1n) is 3.01. The number of rotatable bonds is 2. The quantitative estimate of drug-likeness (QED) is 0.622. The molecule has 10 heavy (non-hydrogen) atoms. The van der Waals surface area contributed by atoms with Crippen LogP contribution in [0, 0.1) is 0 Å². The Morgan fingerprint density at radius 2 is 2.60 bits per heavy atom. The molecule has 0 bridgehead atoms. The van der Waals surface area contributed by atoms with Crippen LogP contribution in [0.3, 0.4) is 0 Å². The molecule has 0 fully saturated rings. The molecule has 0 amide bonds. The van der Waals surface area contributed by atoms with E-state index >= 15 is 0 Å². The predicted molar refractivity (Wildman–Crippen MR) is 40.3 cm³/mol. The summed E-state index contributed by atoms with van der Waals surface area (Å²) in [4.78, 5) is 0. The van der Waals surface area contributed by atoms with Crippen molar-refractivity contribution in [1.82, 2.24) is 0 Å². The summed E-state index contributed by atoms with van der Waals surface area (Å²) < 4.78 is 5.06. The zero-order valence-corrected chi connectivity index (χ0v) is 5.63. The standard InChI is InChI=1S/C8H9NO/c1-2-7(6-9)8-4-3-5-10-8/h3-5H,1,6,9H2. The van der Waals surface area contributed by atoms with Crippen LogP contribution in [0.5, 0.6) is 0 Å². The van der Waals surface area contributed by atoms with E-state index < -0.39 is 0 Å². The number of nitrogens with two attached hydrogens (primary N) is 1. The lowest BCUT2D eigenvalue weighted by Crippen LogP contribution is -1.99. The summed E-state index contributed by atoms with van der Waals surface area (Å²) in [6.07, 6.45) is 1.60. The SMILES string of the molecule is C=C=C(CN)c1ccco1. The van der Waals surface area contributed by atoms with Crippen molar-refractivity contribution >= 4 is 5.57 Å². The van der Waals surface area contributed by atoms with E-state index in [1.165, 1.54) is 0 Å². The number of hydrogen-bond donors (Lipinski definition) is 1. The minimum Gasteiger partial charge on any atom is -0.464 e. The normalized spacial score (nSPS) is 8.90. The molecule has 2 heteroatoms. The van der Waals surface area contributed by atoms with Crippen molar-refractivity contribution in [1.29, 1.82) is 0 Å². The van der Waals surface area contributed by atoms with Crippen LogP contribution in [0.25, 0.3) is 5.57 Å². The first-order chi connectivity index (χ1) is 4.88. The van der Waals surface area contributed by atoms with E-state index in [1.807, 2.05) is 12.1 Å². The summed E-state index contributed by atoms with van der Waals surface area (Å²) in [5.74, 6) is 0.748. The predicted octanol–water partition coefficient (Wildman–Crippen LogP) is 1.41. The van der Waals surface area contributed by atoms with Crippen LogP contribution < -0.4 is 5.73 Å². The van der Waals surface area contributed by atoms with Crippen molar-refractivity contribution in [3.8, 4) is 0 Å². The van der Waals surface area contributed by atoms with Crippen molar-refractivity contribution in [2.45, 2.75) is 0 Å². The molecule has 1 heterocycles. The van der Waals surface area contributed by atoms with E-state index in [-0.39, 0.29) is 0 Å². The van der Waals surface area contributed by atoms with Gasteiger partial charge in [-0.15, -0.1) is 5.73 Å². The smallest absolute Gasteiger partial charge is 0.138 e. The summed E-state index contributed by atoms with van der Waals surface area (Å²) in [6.45, 7) is 3.90. The molecule has 2 nitrogen and oxygen atoms in total. The molecule has 0 aromatic carbocycles. The van der Waals surface area contributed by atoms with Crippen LogP contribution >= 0.6 is 0 Å². The van der Waals surface area contributed by atoms with Gasteiger partial charge in [0.2, 0.25) is 0 Å². The third-order valence-electron chi connectivity index (χ3n) is 1.24. The van der Waals surface area contributed by atoms with Crippen LogP contribution in [-0.2, 0) is 0 Å². The topological polar surface area (TPSA) is 39.2 Å². The Hall–Kier alpha value is -1.24. The lowest BCUT2D eigenvalue weighted by molar-refractivity contribution is 0.552. The van der Waals surface area contributed by atoms with E-state index in [1.54, 1.807) is 6.26 Å². The van der Waals surface area contributed by atoms with Crippen LogP contribution in [0.15, 0.2) is 35.1 Å². The summed E-state index contributed by atoms with van der Waals surface area (Å²) in [5.41, 5.74) is 8.89. The molecule has 0 aliphatic heterocycles. The Kier molecular flexibility index (Phi) is 2.11. The van der Waals surface area contributed by atoms with Crippen LogP contribution in [-0.4, -0.2) is 6.54 Å². The molecule has 0 unspecified atom stereocenters. The largest absolute Gasteiger partial charge is 0.464 e. The Morgan fingerprint density at radius 1 is 1.80 bits per heavy atom. The summed E-state index contributed by atoms with van der Waals surface area (Å²) in [7, 11) is 0. The van der Waals surface area contributed by atoms with Crippen molar-refractivity contribution in [3.05, 3.63) is 36.5 Å². The summed E-state index contributed by atoms with van der Waals surface area (Å²) in [6, 6.07) is 3.64. The van der Waals surface area contributed by atoms with Gasteiger partial charge in [0, 0.05) is 12.1 Å². The molecule has 1 rings (SSSR count). The van der Waals surface area contributed by atoms with Crippen molar-refractivity contribution < 1.29 is 4.42 Å². The van der Waals surface area contributed by atoms with E-state index in [9.17, 15) is 0 Å². The highest BCUT2D eigenvalue weighted by atomic mass is 16.3. The molecule has 1 aromatic heterocycles. The van der Waals surface area contributed by atoms with Gasteiger partial charge in [-0.05, 0) is 12.1 Å². The van der Waals surface area contributed by atoms with Gasteiger partial charge in [-0.2, -0.15) is 0 Å². The van der Waals surface area contributed by atoms with Crippen molar-refractivity contribution in [3.63, 3.8) is 0 Å². The molecule has 0 aliphatic rings. The highest BCUT2D eigenvalue weighted by Crippen LogP contribution is 2.10.